The number of carbonyl (C=O) groups excluding carboxylic acids is 1. The van der Waals surface area contributed by atoms with Crippen molar-refractivity contribution in [1.29, 1.82) is 0 Å². The van der Waals surface area contributed by atoms with E-state index in [0.29, 0.717) is 12.4 Å². The molecule has 2 rings (SSSR count). The highest BCUT2D eigenvalue weighted by Gasteiger charge is 2.10. The minimum atomic E-state index is -0.231. The standard InChI is InChI=1S/C15H21N5O/c1-12-17-14(19-18-12)15(21)16-9-6-10-20(2)11-13-7-4-3-5-8-13/h3-5,7-8H,6,9-11H2,1-2H3,(H,16,21)(H,17,18,19). The van der Waals surface area contributed by atoms with Crippen molar-refractivity contribution in [2.75, 3.05) is 20.1 Å². The number of amides is 1. The number of aromatic amines is 1. The molecule has 0 saturated heterocycles. The molecule has 21 heavy (non-hydrogen) atoms. The second-order valence-electron chi connectivity index (χ2n) is 5.08. The molecule has 0 bridgehead atoms. The van der Waals surface area contributed by atoms with Gasteiger partial charge in [0.1, 0.15) is 5.82 Å². The number of benzene rings is 1. The summed E-state index contributed by atoms with van der Waals surface area (Å²) in [7, 11) is 2.08. The van der Waals surface area contributed by atoms with Gasteiger partial charge in [0.2, 0.25) is 5.82 Å². The molecule has 6 heteroatoms. The minimum absolute atomic E-state index is 0.199. The fourth-order valence-corrected chi connectivity index (χ4v) is 2.05. The maximum Gasteiger partial charge on any atom is 0.290 e. The number of hydrogen-bond donors (Lipinski definition) is 2. The van der Waals surface area contributed by atoms with Crippen LogP contribution in [0.2, 0.25) is 0 Å². The first-order valence-electron chi connectivity index (χ1n) is 7.05. The Morgan fingerprint density at radius 2 is 2.10 bits per heavy atom. The van der Waals surface area contributed by atoms with Gasteiger partial charge in [0, 0.05) is 13.1 Å². The molecule has 0 aliphatic carbocycles. The number of nitrogens with zero attached hydrogens (tertiary/aromatic N) is 3. The van der Waals surface area contributed by atoms with E-state index in [-0.39, 0.29) is 11.7 Å². The van der Waals surface area contributed by atoms with Crippen LogP contribution in [0.5, 0.6) is 0 Å². The molecule has 0 spiro atoms. The van der Waals surface area contributed by atoms with Gasteiger partial charge in [0.15, 0.2) is 0 Å². The predicted molar refractivity (Wildman–Crippen MR) is 80.8 cm³/mol. The number of nitrogens with one attached hydrogen (secondary N) is 2. The summed E-state index contributed by atoms with van der Waals surface area (Å²) in [5, 5.41) is 9.30. The smallest absolute Gasteiger partial charge is 0.290 e. The van der Waals surface area contributed by atoms with E-state index in [9.17, 15) is 4.79 Å². The molecule has 1 aromatic carbocycles. The maximum atomic E-state index is 11.7. The Balaban J connectivity index is 1.64. The topological polar surface area (TPSA) is 73.9 Å². The molecule has 6 nitrogen and oxygen atoms in total. The molecule has 0 saturated carbocycles. The van der Waals surface area contributed by atoms with Crippen LogP contribution in [-0.2, 0) is 6.54 Å². The third-order valence-corrected chi connectivity index (χ3v) is 3.10. The zero-order valence-electron chi connectivity index (χ0n) is 12.5. The lowest BCUT2D eigenvalue weighted by molar-refractivity contribution is 0.0942. The number of H-pyrrole nitrogens is 1. The van der Waals surface area contributed by atoms with E-state index in [1.165, 1.54) is 5.56 Å². The van der Waals surface area contributed by atoms with Crippen LogP contribution >= 0.6 is 0 Å². The van der Waals surface area contributed by atoms with Gasteiger partial charge >= 0.3 is 0 Å². The van der Waals surface area contributed by atoms with Crippen LogP contribution in [-0.4, -0.2) is 46.1 Å². The molecule has 2 aromatic rings. The number of aromatic nitrogens is 3. The van der Waals surface area contributed by atoms with Gasteiger partial charge in [-0.15, -0.1) is 5.10 Å². The van der Waals surface area contributed by atoms with Crippen LogP contribution in [0.3, 0.4) is 0 Å². The van der Waals surface area contributed by atoms with Gasteiger partial charge in [-0.1, -0.05) is 30.3 Å². The van der Waals surface area contributed by atoms with Crippen LogP contribution < -0.4 is 5.32 Å². The second-order valence-corrected chi connectivity index (χ2v) is 5.08. The first-order chi connectivity index (χ1) is 10.1. The fourth-order valence-electron chi connectivity index (χ4n) is 2.05. The van der Waals surface area contributed by atoms with E-state index in [4.69, 9.17) is 0 Å². The molecule has 0 aliphatic rings. The molecule has 2 N–H and O–H groups in total. The summed E-state index contributed by atoms with van der Waals surface area (Å²) in [6, 6.07) is 10.3. The zero-order valence-corrected chi connectivity index (χ0v) is 12.5. The molecule has 0 atom stereocenters. The van der Waals surface area contributed by atoms with E-state index in [0.717, 1.165) is 19.5 Å². The average Bonchev–Trinajstić information content (AvgIpc) is 2.91. The number of rotatable bonds is 7. The van der Waals surface area contributed by atoms with Crippen molar-refractivity contribution < 1.29 is 4.79 Å². The Labute approximate surface area is 124 Å². The first kappa shape index (κ1) is 15.2. The van der Waals surface area contributed by atoms with E-state index in [2.05, 4.69) is 44.6 Å². The number of aryl methyl sites for hydroxylation is 1. The summed E-state index contributed by atoms with van der Waals surface area (Å²) >= 11 is 0. The lowest BCUT2D eigenvalue weighted by Crippen LogP contribution is -2.28. The van der Waals surface area contributed by atoms with Crippen molar-refractivity contribution in [2.45, 2.75) is 19.9 Å². The third kappa shape index (κ3) is 5.00. The molecule has 0 fully saturated rings. The van der Waals surface area contributed by atoms with Crippen molar-refractivity contribution in [3.8, 4) is 0 Å². The van der Waals surface area contributed by atoms with E-state index >= 15 is 0 Å². The number of carbonyl (C=O) groups is 1. The maximum absolute atomic E-state index is 11.7. The normalized spacial score (nSPS) is 10.8. The Morgan fingerprint density at radius 3 is 2.76 bits per heavy atom. The third-order valence-electron chi connectivity index (χ3n) is 3.10. The molecule has 1 amide bonds. The summed E-state index contributed by atoms with van der Waals surface area (Å²) in [5.74, 6) is 0.609. The SMILES string of the molecule is Cc1nc(C(=O)NCCCN(C)Cc2ccccc2)n[nH]1. The van der Waals surface area contributed by atoms with Gasteiger partial charge in [0.05, 0.1) is 0 Å². The molecule has 0 radical (unpaired) electrons. The molecule has 1 heterocycles. The average molecular weight is 287 g/mol. The van der Waals surface area contributed by atoms with E-state index in [1.54, 1.807) is 6.92 Å². The largest absolute Gasteiger partial charge is 0.349 e. The Morgan fingerprint density at radius 1 is 1.33 bits per heavy atom. The lowest BCUT2D eigenvalue weighted by atomic mass is 10.2. The Hall–Kier alpha value is -2.21. The van der Waals surface area contributed by atoms with Crippen LogP contribution in [0.4, 0.5) is 0 Å². The highest BCUT2D eigenvalue weighted by atomic mass is 16.2. The zero-order chi connectivity index (χ0) is 15.1. The van der Waals surface area contributed by atoms with Gasteiger partial charge < -0.3 is 10.2 Å². The summed E-state index contributed by atoms with van der Waals surface area (Å²) in [6.45, 7) is 4.21. The first-order valence-corrected chi connectivity index (χ1v) is 7.05. The van der Waals surface area contributed by atoms with E-state index in [1.807, 2.05) is 18.2 Å². The van der Waals surface area contributed by atoms with Crippen LogP contribution in [0.25, 0.3) is 0 Å². The Bertz CT molecular complexity index is 566. The monoisotopic (exact) mass is 287 g/mol. The van der Waals surface area contributed by atoms with Gasteiger partial charge in [-0.05, 0) is 32.5 Å². The fraction of sp³-hybridized carbons (Fsp3) is 0.400. The van der Waals surface area contributed by atoms with Gasteiger partial charge in [-0.3, -0.25) is 9.89 Å². The van der Waals surface area contributed by atoms with Crippen LogP contribution in [0, 0.1) is 6.92 Å². The second kappa shape index (κ2) is 7.54. The molecule has 112 valence electrons. The molecule has 0 aliphatic heterocycles. The quantitative estimate of drug-likeness (QED) is 0.754. The number of hydrogen-bond acceptors (Lipinski definition) is 4. The summed E-state index contributed by atoms with van der Waals surface area (Å²) in [4.78, 5) is 17.9. The van der Waals surface area contributed by atoms with E-state index < -0.39 is 0 Å². The molecular formula is C15H21N5O. The molecule has 0 unspecified atom stereocenters. The summed E-state index contributed by atoms with van der Waals surface area (Å²) in [6.07, 6.45) is 0.887. The van der Waals surface area contributed by atoms with Crippen molar-refractivity contribution in [1.82, 2.24) is 25.4 Å². The van der Waals surface area contributed by atoms with Crippen molar-refractivity contribution >= 4 is 5.91 Å². The predicted octanol–water partition coefficient (Wildman–Crippen LogP) is 1.37. The summed E-state index contributed by atoms with van der Waals surface area (Å²) < 4.78 is 0. The van der Waals surface area contributed by atoms with Crippen LogP contribution in [0.1, 0.15) is 28.4 Å². The van der Waals surface area contributed by atoms with Gasteiger partial charge in [-0.2, -0.15) is 0 Å². The van der Waals surface area contributed by atoms with Crippen molar-refractivity contribution in [3.63, 3.8) is 0 Å². The summed E-state index contributed by atoms with van der Waals surface area (Å²) in [5.41, 5.74) is 1.29. The minimum Gasteiger partial charge on any atom is -0.349 e. The Kier molecular flexibility index (Phi) is 5.45. The molecular weight excluding hydrogens is 266 g/mol. The van der Waals surface area contributed by atoms with Crippen molar-refractivity contribution in [3.05, 3.63) is 47.5 Å². The van der Waals surface area contributed by atoms with Gasteiger partial charge in [-0.25, -0.2) is 4.98 Å². The van der Waals surface area contributed by atoms with Gasteiger partial charge in [0.25, 0.3) is 5.91 Å². The van der Waals surface area contributed by atoms with Crippen molar-refractivity contribution in [2.24, 2.45) is 0 Å². The highest BCUT2D eigenvalue weighted by Crippen LogP contribution is 2.02. The molecule has 1 aromatic heterocycles. The highest BCUT2D eigenvalue weighted by molar-refractivity contribution is 5.90. The van der Waals surface area contributed by atoms with Crippen LogP contribution in [0.15, 0.2) is 30.3 Å². The lowest BCUT2D eigenvalue weighted by Gasteiger charge is -2.16.